The smallest absolute Gasteiger partial charge is 0.228 e. The van der Waals surface area contributed by atoms with E-state index in [0.717, 1.165) is 25.9 Å². The molecule has 1 heterocycles. The summed E-state index contributed by atoms with van der Waals surface area (Å²) in [5.74, 6) is 0. The van der Waals surface area contributed by atoms with Gasteiger partial charge in [-0.15, -0.1) is 24.0 Å². The first-order chi connectivity index (χ1) is 6.56. The van der Waals surface area contributed by atoms with Gasteiger partial charge in [-0.05, 0) is 33.0 Å². The molecule has 0 aromatic heterocycles. The summed E-state index contributed by atoms with van der Waals surface area (Å²) < 4.78 is 24.5. The largest absolute Gasteiger partial charge is 0.306 e. The van der Waals surface area contributed by atoms with Gasteiger partial charge in [-0.2, -0.15) is 0 Å². The Hall–Kier alpha value is 0.450. The minimum absolute atomic E-state index is 0. The highest BCUT2D eigenvalue weighted by Crippen LogP contribution is 2.09. The standard InChI is InChI=1S/C8H17ClN2O2S.ClH/c1-10-4-2-6-11(7-3-5-10)14(12,13)8-9;/h2-8H2,1H3;1H. The molecule has 0 saturated carbocycles. The van der Waals surface area contributed by atoms with Gasteiger partial charge in [-0.3, -0.25) is 0 Å². The van der Waals surface area contributed by atoms with Crippen LogP contribution >= 0.6 is 24.0 Å². The van der Waals surface area contributed by atoms with Crippen LogP contribution in [0.5, 0.6) is 0 Å². The van der Waals surface area contributed by atoms with Gasteiger partial charge in [0.15, 0.2) is 0 Å². The molecule has 0 aromatic carbocycles. The summed E-state index contributed by atoms with van der Waals surface area (Å²) >= 11 is 5.41. The molecule has 1 rings (SSSR count). The average Bonchev–Trinajstić information content (AvgIpc) is 2.11. The van der Waals surface area contributed by atoms with E-state index in [9.17, 15) is 8.42 Å². The second-order valence-electron chi connectivity index (χ2n) is 3.63. The second kappa shape index (κ2) is 6.91. The summed E-state index contributed by atoms with van der Waals surface area (Å²) in [6.45, 7) is 3.10. The van der Waals surface area contributed by atoms with Crippen molar-refractivity contribution in [3.05, 3.63) is 0 Å². The number of hydrogen-bond acceptors (Lipinski definition) is 3. The first-order valence-electron chi connectivity index (χ1n) is 4.78. The quantitative estimate of drug-likeness (QED) is 0.706. The Bertz CT molecular complexity index is 262. The molecular weight excluding hydrogens is 259 g/mol. The van der Waals surface area contributed by atoms with Crippen LogP contribution in [0.3, 0.4) is 0 Å². The molecular formula is C8H18Cl2N2O2S. The molecule has 0 aliphatic carbocycles. The van der Waals surface area contributed by atoms with Gasteiger partial charge >= 0.3 is 0 Å². The Morgan fingerprint density at radius 2 is 1.60 bits per heavy atom. The van der Waals surface area contributed by atoms with Gasteiger partial charge in [0.1, 0.15) is 5.21 Å². The molecule has 1 saturated heterocycles. The van der Waals surface area contributed by atoms with Crippen molar-refractivity contribution >= 4 is 34.0 Å². The van der Waals surface area contributed by atoms with E-state index in [-0.39, 0.29) is 17.6 Å². The lowest BCUT2D eigenvalue weighted by molar-refractivity contribution is 0.263. The highest BCUT2D eigenvalue weighted by atomic mass is 35.5. The fourth-order valence-corrected chi connectivity index (χ4v) is 2.97. The number of halogens is 2. The maximum absolute atomic E-state index is 11.5. The minimum Gasteiger partial charge on any atom is -0.306 e. The molecule has 0 radical (unpaired) electrons. The van der Waals surface area contributed by atoms with Crippen molar-refractivity contribution in [1.82, 2.24) is 9.21 Å². The van der Waals surface area contributed by atoms with Gasteiger partial charge < -0.3 is 4.90 Å². The fourth-order valence-electron chi connectivity index (χ4n) is 1.60. The van der Waals surface area contributed by atoms with Gasteiger partial charge in [0.2, 0.25) is 10.0 Å². The van der Waals surface area contributed by atoms with Crippen LogP contribution in [0.25, 0.3) is 0 Å². The molecule has 0 N–H and O–H groups in total. The lowest BCUT2D eigenvalue weighted by atomic mass is 10.3. The molecule has 0 bridgehead atoms. The third kappa shape index (κ3) is 4.87. The fraction of sp³-hybridized carbons (Fsp3) is 1.00. The van der Waals surface area contributed by atoms with Crippen molar-refractivity contribution in [2.45, 2.75) is 12.8 Å². The van der Waals surface area contributed by atoms with Crippen molar-refractivity contribution in [3.8, 4) is 0 Å². The van der Waals surface area contributed by atoms with Crippen LogP contribution in [0, 0.1) is 0 Å². The molecule has 1 aliphatic heterocycles. The van der Waals surface area contributed by atoms with Gasteiger partial charge in [0, 0.05) is 13.1 Å². The summed E-state index contributed by atoms with van der Waals surface area (Å²) in [6.07, 6.45) is 1.76. The molecule has 1 fully saturated rings. The maximum Gasteiger partial charge on any atom is 0.228 e. The molecule has 0 spiro atoms. The number of nitrogens with zero attached hydrogens (tertiary/aromatic N) is 2. The highest BCUT2D eigenvalue weighted by molar-refractivity contribution is 7.90. The number of rotatable bonds is 2. The third-order valence-corrected chi connectivity index (χ3v) is 4.68. The summed E-state index contributed by atoms with van der Waals surface area (Å²) in [5, 5.41) is -0.303. The Morgan fingerprint density at radius 1 is 1.13 bits per heavy atom. The van der Waals surface area contributed by atoms with Crippen molar-refractivity contribution in [2.24, 2.45) is 0 Å². The molecule has 7 heteroatoms. The van der Waals surface area contributed by atoms with Crippen LogP contribution in [-0.4, -0.2) is 56.1 Å². The second-order valence-corrected chi connectivity index (χ2v) is 6.18. The van der Waals surface area contributed by atoms with E-state index in [4.69, 9.17) is 11.6 Å². The number of sulfonamides is 1. The summed E-state index contributed by atoms with van der Waals surface area (Å²) in [6, 6.07) is 0. The summed E-state index contributed by atoms with van der Waals surface area (Å²) in [7, 11) is -1.14. The molecule has 1 aliphatic rings. The van der Waals surface area contributed by atoms with Crippen LogP contribution in [0.2, 0.25) is 0 Å². The van der Waals surface area contributed by atoms with E-state index in [2.05, 4.69) is 11.9 Å². The Morgan fingerprint density at radius 3 is 2.00 bits per heavy atom. The predicted molar refractivity (Wildman–Crippen MR) is 65.2 cm³/mol. The van der Waals surface area contributed by atoms with Crippen LogP contribution in [0.4, 0.5) is 0 Å². The molecule has 92 valence electrons. The number of alkyl halides is 1. The molecule has 0 amide bonds. The van der Waals surface area contributed by atoms with Crippen molar-refractivity contribution < 1.29 is 8.42 Å². The van der Waals surface area contributed by atoms with Gasteiger partial charge in [0.25, 0.3) is 0 Å². The summed E-state index contributed by atoms with van der Waals surface area (Å²) in [5.41, 5.74) is 0. The normalized spacial score (nSPS) is 21.5. The van der Waals surface area contributed by atoms with Crippen molar-refractivity contribution in [2.75, 3.05) is 38.4 Å². The van der Waals surface area contributed by atoms with E-state index >= 15 is 0 Å². The lowest BCUT2D eigenvalue weighted by Crippen LogP contribution is -2.39. The van der Waals surface area contributed by atoms with Crippen LogP contribution in [-0.2, 0) is 10.0 Å². The zero-order valence-electron chi connectivity index (χ0n) is 8.86. The van der Waals surface area contributed by atoms with Crippen molar-refractivity contribution in [1.29, 1.82) is 0 Å². The molecule has 0 aromatic rings. The zero-order valence-corrected chi connectivity index (χ0v) is 11.2. The first-order valence-corrected chi connectivity index (χ1v) is 6.93. The molecule has 15 heavy (non-hydrogen) atoms. The van der Waals surface area contributed by atoms with E-state index < -0.39 is 10.0 Å². The van der Waals surface area contributed by atoms with Gasteiger partial charge in [-0.25, -0.2) is 12.7 Å². The van der Waals surface area contributed by atoms with Crippen LogP contribution in [0.15, 0.2) is 0 Å². The monoisotopic (exact) mass is 276 g/mol. The van der Waals surface area contributed by atoms with E-state index in [1.165, 1.54) is 4.31 Å². The van der Waals surface area contributed by atoms with E-state index in [1.807, 2.05) is 0 Å². The van der Waals surface area contributed by atoms with Crippen molar-refractivity contribution in [3.63, 3.8) is 0 Å². The topological polar surface area (TPSA) is 40.6 Å². The Kier molecular flexibility index (Phi) is 7.12. The lowest BCUT2D eigenvalue weighted by Gasteiger charge is -2.26. The van der Waals surface area contributed by atoms with E-state index in [1.54, 1.807) is 0 Å². The SMILES string of the molecule is CN1CCCN(S(=O)(=O)CCl)CCC1.Cl. The van der Waals surface area contributed by atoms with Crippen LogP contribution in [0.1, 0.15) is 12.8 Å². The molecule has 4 nitrogen and oxygen atoms in total. The van der Waals surface area contributed by atoms with Gasteiger partial charge in [-0.1, -0.05) is 0 Å². The molecule has 0 unspecified atom stereocenters. The minimum atomic E-state index is -3.20. The average molecular weight is 277 g/mol. The molecule has 0 atom stereocenters. The summed E-state index contributed by atoms with van der Waals surface area (Å²) in [4.78, 5) is 2.23. The maximum atomic E-state index is 11.5. The third-order valence-electron chi connectivity index (χ3n) is 2.43. The number of hydrogen-bond donors (Lipinski definition) is 0. The predicted octanol–water partition coefficient (Wildman–Crippen LogP) is 0.962. The highest BCUT2D eigenvalue weighted by Gasteiger charge is 2.21. The first kappa shape index (κ1) is 15.4. The van der Waals surface area contributed by atoms with E-state index in [0.29, 0.717) is 13.1 Å². The van der Waals surface area contributed by atoms with Crippen LogP contribution < -0.4 is 0 Å². The Balaban J connectivity index is 0.00000196. The van der Waals surface area contributed by atoms with Gasteiger partial charge in [0.05, 0.1) is 0 Å². The zero-order chi connectivity index (χ0) is 10.6. The Labute approximate surface area is 103 Å².